The number of rotatable bonds is 6. The highest BCUT2D eigenvalue weighted by atomic mass is 32.2. The van der Waals surface area contributed by atoms with Gasteiger partial charge in [0.15, 0.2) is 0 Å². The molecule has 3 aromatic rings. The SMILES string of the molecule is CC(C)(O)c1nc2cc(NS(=O)(=O)c3ccccc3)ccc2n1CC1CCCCC1. The van der Waals surface area contributed by atoms with E-state index in [-0.39, 0.29) is 4.90 Å². The zero-order valence-electron chi connectivity index (χ0n) is 17.5. The molecule has 1 fully saturated rings. The van der Waals surface area contributed by atoms with Crippen molar-refractivity contribution in [2.75, 3.05) is 4.72 Å². The summed E-state index contributed by atoms with van der Waals surface area (Å²) in [4.78, 5) is 4.90. The molecule has 0 spiro atoms. The smallest absolute Gasteiger partial charge is 0.261 e. The predicted octanol–water partition coefficient (Wildman–Crippen LogP) is 4.64. The van der Waals surface area contributed by atoms with Crippen LogP contribution in [0.25, 0.3) is 11.0 Å². The molecule has 1 aliphatic carbocycles. The number of nitrogens with one attached hydrogen (secondary N) is 1. The van der Waals surface area contributed by atoms with E-state index in [0.29, 0.717) is 22.9 Å². The fourth-order valence-corrected chi connectivity index (χ4v) is 5.36. The molecule has 0 unspecified atom stereocenters. The van der Waals surface area contributed by atoms with Crippen LogP contribution in [-0.4, -0.2) is 23.1 Å². The van der Waals surface area contributed by atoms with Crippen LogP contribution in [0.5, 0.6) is 0 Å². The van der Waals surface area contributed by atoms with Crippen molar-refractivity contribution in [2.24, 2.45) is 5.92 Å². The van der Waals surface area contributed by atoms with Gasteiger partial charge in [-0.2, -0.15) is 0 Å². The summed E-state index contributed by atoms with van der Waals surface area (Å²) in [7, 11) is -3.67. The van der Waals surface area contributed by atoms with Crippen molar-refractivity contribution in [1.82, 2.24) is 9.55 Å². The Balaban J connectivity index is 1.69. The first-order valence-corrected chi connectivity index (χ1v) is 12.0. The van der Waals surface area contributed by atoms with Gasteiger partial charge in [-0.3, -0.25) is 4.72 Å². The molecule has 1 saturated carbocycles. The molecule has 160 valence electrons. The molecule has 2 N–H and O–H groups in total. The maximum atomic E-state index is 12.7. The minimum absolute atomic E-state index is 0.213. The van der Waals surface area contributed by atoms with Crippen LogP contribution in [-0.2, 0) is 22.2 Å². The number of hydrogen-bond donors (Lipinski definition) is 2. The van der Waals surface area contributed by atoms with Gasteiger partial charge < -0.3 is 9.67 Å². The first-order valence-electron chi connectivity index (χ1n) is 10.5. The molecular weight excluding hydrogens is 398 g/mol. The molecule has 0 atom stereocenters. The van der Waals surface area contributed by atoms with Gasteiger partial charge >= 0.3 is 0 Å². The Labute approximate surface area is 178 Å². The van der Waals surface area contributed by atoms with Crippen molar-refractivity contribution in [1.29, 1.82) is 0 Å². The number of sulfonamides is 1. The lowest BCUT2D eigenvalue weighted by atomic mass is 9.89. The van der Waals surface area contributed by atoms with Crippen molar-refractivity contribution in [3.63, 3.8) is 0 Å². The average Bonchev–Trinajstić information content (AvgIpc) is 3.07. The molecule has 0 radical (unpaired) electrons. The minimum Gasteiger partial charge on any atom is -0.383 e. The quantitative estimate of drug-likeness (QED) is 0.600. The van der Waals surface area contributed by atoms with Crippen LogP contribution in [0.4, 0.5) is 5.69 Å². The van der Waals surface area contributed by atoms with Gasteiger partial charge in [0.05, 0.1) is 21.6 Å². The molecule has 4 rings (SSSR count). The number of benzene rings is 2. The predicted molar refractivity (Wildman–Crippen MR) is 119 cm³/mol. The van der Waals surface area contributed by atoms with Crippen LogP contribution >= 0.6 is 0 Å². The van der Waals surface area contributed by atoms with E-state index in [0.717, 1.165) is 12.1 Å². The summed E-state index contributed by atoms with van der Waals surface area (Å²) in [5.74, 6) is 1.19. The van der Waals surface area contributed by atoms with E-state index in [1.165, 1.54) is 32.1 Å². The van der Waals surface area contributed by atoms with E-state index in [1.807, 2.05) is 6.07 Å². The van der Waals surface area contributed by atoms with E-state index in [2.05, 4.69) is 9.29 Å². The molecular formula is C23H29N3O3S. The van der Waals surface area contributed by atoms with E-state index >= 15 is 0 Å². The minimum atomic E-state index is -3.67. The lowest BCUT2D eigenvalue weighted by Gasteiger charge is -2.25. The second-order valence-electron chi connectivity index (χ2n) is 8.73. The molecule has 7 heteroatoms. The molecule has 2 aromatic carbocycles. The Bertz CT molecular complexity index is 1130. The molecule has 1 aromatic heterocycles. The summed E-state index contributed by atoms with van der Waals surface area (Å²) in [6.07, 6.45) is 6.19. The van der Waals surface area contributed by atoms with Gasteiger partial charge in [-0.25, -0.2) is 13.4 Å². The third kappa shape index (κ3) is 4.37. The maximum absolute atomic E-state index is 12.7. The number of nitrogens with zero attached hydrogens (tertiary/aromatic N) is 2. The average molecular weight is 428 g/mol. The van der Waals surface area contributed by atoms with Crippen LogP contribution in [0.15, 0.2) is 53.4 Å². The van der Waals surface area contributed by atoms with Gasteiger partial charge in [0.1, 0.15) is 11.4 Å². The third-order valence-corrected chi connectivity index (χ3v) is 7.16. The summed E-state index contributed by atoms with van der Waals surface area (Å²) in [5.41, 5.74) is 0.963. The normalized spacial score (nSPS) is 16.1. The third-order valence-electron chi connectivity index (χ3n) is 5.77. The zero-order chi connectivity index (χ0) is 21.4. The maximum Gasteiger partial charge on any atom is 0.261 e. The molecule has 6 nitrogen and oxygen atoms in total. The molecule has 1 aliphatic rings. The summed E-state index contributed by atoms with van der Waals surface area (Å²) in [5, 5.41) is 10.7. The van der Waals surface area contributed by atoms with Crippen LogP contribution in [0.2, 0.25) is 0 Å². The van der Waals surface area contributed by atoms with Crippen molar-refractivity contribution in [2.45, 2.75) is 63.0 Å². The Hall–Kier alpha value is -2.38. The Morgan fingerprint density at radius 3 is 2.47 bits per heavy atom. The molecule has 0 bridgehead atoms. The second kappa shape index (κ2) is 8.04. The molecule has 0 saturated heterocycles. The highest BCUT2D eigenvalue weighted by Crippen LogP contribution is 2.31. The Morgan fingerprint density at radius 2 is 1.80 bits per heavy atom. The van der Waals surface area contributed by atoms with Crippen LogP contribution in [0.1, 0.15) is 51.8 Å². The fourth-order valence-electron chi connectivity index (χ4n) is 4.29. The van der Waals surface area contributed by atoms with Crippen LogP contribution < -0.4 is 4.72 Å². The van der Waals surface area contributed by atoms with E-state index < -0.39 is 15.6 Å². The standard InChI is InChI=1S/C23H29N3O3S/c1-23(2,27)22-24-20-15-18(25-30(28,29)19-11-7-4-8-12-19)13-14-21(20)26(22)16-17-9-5-3-6-10-17/h4,7-8,11-15,17,25,27H,3,5-6,9-10,16H2,1-2H3. The molecule has 0 aliphatic heterocycles. The number of anilines is 1. The highest BCUT2D eigenvalue weighted by Gasteiger charge is 2.27. The Kier molecular flexibility index (Phi) is 5.59. The monoisotopic (exact) mass is 427 g/mol. The lowest BCUT2D eigenvalue weighted by Crippen LogP contribution is -2.25. The van der Waals surface area contributed by atoms with Gasteiger partial charge in [0.25, 0.3) is 10.0 Å². The van der Waals surface area contributed by atoms with Crippen molar-refractivity contribution >= 4 is 26.7 Å². The van der Waals surface area contributed by atoms with E-state index in [9.17, 15) is 13.5 Å². The zero-order valence-corrected chi connectivity index (χ0v) is 18.3. The van der Waals surface area contributed by atoms with Crippen molar-refractivity contribution in [3.05, 3.63) is 54.4 Å². The van der Waals surface area contributed by atoms with Gasteiger partial charge in [0.2, 0.25) is 0 Å². The number of imidazole rings is 1. The summed E-state index contributed by atoms with van der Waals surface area (Å²) < 4.78 is 30.1. The van der Waals surface area contributed by atoms with Crippen molar-refractivity contribution in [3.8, 4) is 0 Å². The lowest BCUT2D eigenvalue weighted by molar-refractivity contribution is 0.0639. The van der Waals surface area contributed by atoms with Crippen LogP contribution in [0.3, 0.4) is 0 Å². The molecule has 30 heavy (non-hydrogen) atoms. The summed E-state index contributed by atoms with van der Waals surface area (Å²) in [6.45, 7) is 4.31. The first-order chi connectivity index (χ1) is 14.2. The number of hydrogen-bond acceptors (Lipinski definition) is 4. The highest BCUT2D eigenvalue weighted by molar-refractivity contribution is 7.92. The fraction of sp³-hybridized carbons (Fsp3) is 0.435. The number of aliphatic hydroxyl groups is 1. The van der Waals surface area contributed by atoms with Gasteiger partial charge in [-0.15, -0.1) is 0 Å². The van der Waals surface area contributed by atoms with E-state index in [4.69, 9.17) is 4.98 Å². The molecule has 0 amide bonds. The van der Waals surface area contributed by atoms with Gasteiger partial charge in [-0.1, -0.05) is 37.5 Å². The largest absolute Gasteiger partial charge is 0.383 e. The summed E-state index contributed by atoms with van der Waals surface area (Å²) in [6, 6.07) is 13.7. The topological polar surface area (TPSA) is 84.2 Å². The summed E-state index contributed by atoms with van der Waals surface area (Å²) >= 11 is 0. The second-order valence-corrected chi connectivity index (χ2v) is 10.4. The number of aromatic nitrogens is 2. The van der Waals surface area contributed by atoms with E-state index in [1.54, 1.807) is 56.3 Å². The molecule has 1 heterocycles. The van der Waals surface area contributed by atoms with Gasteiger partial charge in [-0.05, 0) is 62.9 Å². The first kappa shape index (κ1) is 20.9. The number of fused-ring (bicyclic) bond motifs is 1. The van der Waals surface area contributed by atoms with Crippen molar-refractivity contribution < 1.29 is 13.5 Å². The Morgan fingerprint density at radius 1 is 1.10 bits per heavy atom. The van der Waals surface area contributed by atoms with Gasteiger partial charge in [0, 0.05) is 6.54 Å². The van der Waals surface area contributed by atoms with Crippen LogP contribution in [0, 0.1) is 5.92 Å².